The van der Waals surface area contributed by atoms with Crippen molar-refractivity contribution in [3.8, 4) is 0 Å². The van der Waals surface area contributed by atoms with Crippen molar-refractivity contribution in [2.45, 2.75) is 20.3 Å². The number of benzene rings is 2. The van der Waals surface area contributed by atoms with E-state index in [0.717, 1.165) is 37.6 Å². The second-order valence-electron chi connectivity index (χ2n) is 7.33. The van der Waals surface area contributed by atoms with Crippen LogP contribution in [0.25, 0.3) is 0 Å². The molecule has 0 spiro atoms. The molecule has 2 aromatic carbocycles. The molecule has 5 heteroatoms. The molecule has 3 rings (SSSR count). The second-order valence-corrected chi connectivity index (χ2v) is 7.33. The molecule has 1 saturated heterocycles. The summed E-state index contributed by atoms with van der Waals surface area (Å²) in [5.74, 6) is 0.540. The number of carbonyl (C=O) groups excluding carboxylic acids is 2. The van der Waals surface area contributed by atoms with Crippen LogP contribution in [0.15, 0.2) is 54.6 Å². The van der Waals surface area contributed by atoms with E-state index in [4.69, 9.17) is 0 Å². The van der Waals surface area contributed by atoms with Crippen molar-refractivity contribution in [1.29, 1.82) is 0 Å². The third-order valence-corrected chi connectivity index (χ3v) is 4.74. The Morgan fingerprint density at radius 1 is 0.926 bits per heavy atom. The lowest BCUT2D eigenvalue weighted by molar-refractivity contribution is -0.132. The van der Waals surface area contributed by atoms with Gasteiger partial charge in [-0.3, -0.25) is 9.59 Å². The topological polar surface area (TPSA) is 52.7 Å². The van der Waals surface area contributed by atoms with Crippen LogP contribution in [0, 0.1) is 5.92 Å². The molecule has 2 amide bonds. The first-order chi connectivity index (χ1) is 13.0. The summed E-state index contributed by atoms with van der Waals surface area (Å²) in [5.41, 5.74) is 2.53. The zero-order chi connectivity index (χ0) is 19.2. The minimum atomic E-state index is -0.111. The molecule has 0 radical (unpaired) electrons. The summed E-state index contributed by atoms with van der Waals surface area (Å²) in [6.07, 6.45) is 0.621. The van der Waals surface area contributed by atoms with Gasteiger partial charge in [-0.05, 0) is 42.3 Å². The molecule has 1 N–H and O–H groups in total. The Kier molecular flexibility index (Phi) is 6.12. The van der Waals surface area contributed by atoms with Gasteiger partial charge in [0.25, 0.3) is 5.91 Å². The number of rotatable bonds is 5. The van der Waals surface area contributed by atoms with Gasteiger partial charge in [-0.2, -0.15) is 0 Å². The molecule has 1 fully saturated rings. The Hall–Kier alpha value is -2.82. The van der Waals surface area contributed by atoms with Gasteiger partial charge in [0.2, 0.25) is 5.91 Å². The average Bonchev–Trinajstić information content (AvgIpc) is 2.69. The van der Waals surface area contributed by atoms with Crippen molar-refractivity contribution in [3.05, 3.63) is 60.2 Å². The fourth-order valence-electron chi connectivity index (χ4n) is 3.24. The smallest absolute Gasteiger partial charge is 0.255 e. The van der Waals surface area contributed by atoms with Crippen molar-refractivity contribution in [1.82, 2.24) is 4.90 Å². The van der Waals surface area contributed by atoms with E-state index < -0.39 is 0 Å². The van der Waals surface area contributed by atoms with Gasteiger partial charge >= 0.3 is 0 Å². The number of piperazine rings is 1. The molecule has 2 aromatic rings. The number of carbonyl (C=O) groups is 2. The van der Waals surface area contributed by atoms with Gasteiger partial charge < -0.3 is 15.1 Å². The van der Waals surface area contributed by atoms with Crippen molar-refractivity contribution in [2.24, 2.45) is 5.92 Å². The van der Waals surface area contributed by atoms with Gasteiger partial charge in [0.05, 0.1) is 0 Å². The maximum Gasteiger partial charge on any atom is 0.255 e. The molecule has 0 aliphatic carbocycles. The van der Waals surface area contributed by atoms with Crippen LogP contribution in [0.1, 0.15) is 30.6 Å². The molecular weight excluding hydrogens is 338 g/mol. The first-order valence-corrected chi connectivity index (χ1v) is 9.52. The highest BCUT2D eigenvalue weighted by molar-refractivity contribution is 6.04. The summed E-state index contributed by atoms with van der Waals surface area (Å²) >= 11 is 0. The summed E-state index contributed by atoms with van der Waals surface area (Å²) < 4.78 is 0. The molecule has 1 aliphatic heterocycles. The van der Waals surface area contributed by atoms with Crippen LogP contribution in [0.5, 0.6) is 0 Å². The Labute approximate surface area is 161 Å². The molecule has 0 aromatic heterocycles. The fraction of sp³-hybridized carbons (Fsp3) is 0.364. The number of nitrogens with zero attached hydrogens (tertiary/aromatic N) is 2. The van der Waals surface area contributed by atoms with Crippen LogP contribution in [-0.2, 0) is 4.79 Å². The van der Waals surface area contributed by atoms with Crippen molar-refractivity contribution >= 4 is 23.2 Å². The van der Waals surface area contributed by atoms with Crippen LogP contribution in [-0.4, -0.2) is 42.9 Å². The predicted octanol–water partition coefficient (Wildman–Crippen LogP) is 3.63. The fourth-order valence-corrected chi connectivity index (χ4v) is 3.24. The van der Waals surface area contributed by atoms with Crippen molar-refractivity contribution < 1.29 is 9.59 Å². The molecular formula is C22H27N3O2. The first kappa shape index (κ1) is 19.0. The quantitative estimate of drug-likeness (QED) is 0.880. The van der Waals surface area contributed by atoms with Gasteiger partial charge in [-0.15, -0.1) is 0 Å². The monoisotopic (exact) mass is 365 g/mol. The highest BCUT2D eigenvalue weighted by Crippen LogP contribution is 2.20. The van der Waals surface area contributed by atoms with Crippen LogP contribution in [0.4, 0.5) is 11.4 Å². The van der Waals surface area contributed by atoms with Gasteiger partial charge in [-0.1, -0.05) is 32.0 Å². The van der Waals surface area contributed by atoms with Gasteiger partial charge in [-0.25, -0.2) is 0 Å². The molecule has 0 saturated carbocycles. The first-order valence-electron chi connectivity index (χ1n) is 9.52. The molecule has 27 heavy (non-hydrogen) atoms. The number of anilines is 2. The molecule has 0 atom stereocenters. The molecule has 0 unspecified atom stereocenters. The number of amides is 2. The maximum atomic E-state index is 12.2. The average molecular weight is 365 g/mol. The summed E-state index contributed by atoms with van der Waals surface area (Å²) in [4.78, 5) is 28.6. The SMILES string of the molecule is CC(C)CC(=O)N1CCN(c2ccc(NC(=O)c3ccccc3)cc2)CC1. The minimum absolute atomic E-state index is 0.111. The largest absolute Gasteiger partial charge is 0.368 e. The van der Waals surface area contributed by atoms with E-state index in [1.54, 1.807) is 12.1 Å². The van der Waals surface area contributed by atoms with E-state index in [1.807, 2.05) is 47.4 Å². The summed E-state index contributed by atoms with van der Waals surface area (Å²) in [6.45, 7) is 7.34. The van der Waals surface area contributed by atoms with E-state index in [0.29, 0.717) is 17.9 Å². The lowest BCUT2D eigenvalue weighted by atomic mass is 10.1. The minimum Gasteiger partial charge on any atom is -0.368 e. The standard InChI is InChI=1S/C22H27N3O2/c1-17(2)16-21(26)25-14-12-24(13-15-25)20-10-8-19(9-11-20)23-22(27)18-6-4-3-5-7-18/h3-11,17H,12-16H2,1-2H3,(H,23,27). The molecule has 0 bridgehead atoms. The molecule has 1 aliphatic rings. The van der Waals surface area contributed by atoms with Gasteiger partial charge in [0, 0.05) is 49.5 Å². The van der Waals surface area contributed by atoms with Crippen molar-refractivity contribution in [3.63, 3.8) is 0 Å². The zero-order valence-corrected chi connectivity index (χ0v) is 16.0. The molecule has 5 nitrogen and oxygen atoms in total. The highest BCUT2D eigenvalue weighted by atomic mass is 16.2. The van der Waals surface area contributed by atoms with E-state index >= 15 is 0 Å². The zero-order valence-electron chi connectivity index (χ0n) is 16.0. The van der Waals surface area contributed by atoms with E-state index in [9.17, 15) is 9.59 Å². The third kappa shape index (κ3) is 5.09. The summed E-state index contributed by atoms with van der Waals surface area (Å²) in [7, 11) is 0. The van der Waals surface area contributed by atoms with Crippen molar-refractivity contribution in [2.75, 3.05) is 36.4 Å². The third-order valence-electron chi connectivity index (χ3n) is 4.74. The van der Waals surface area contributed by atoms with E-state index in [2.05, 4.69) is 24.1 Å². The van der Waals surface area contributed by atoms with Crippen LogP contribution in [0.3, 0.4) is 0 Å². The number of nitrogens with one attached hydrogen (secondary N) is 1. The lowest BCUT2D eigenvalue weighted by Gasteiger charge is -2.36. The Bertz CT molecular complexity index is 764. The predicted molar refractivity (Wildman–Crippen MR) is 109 cm³/mol. The van der Waals surface area contributed by atoms with E-state index in [1.165, 1.54) is 0 Å². The second kappa shape index (κ2) is 8.71. The van der Waals surface area contributed by atoms with Crippen LogP contribution < -0.4 is 10.2 Å². The van der Waals surface area contributed by atoms with Gasteiger partial charge in [0.15, 0.2) is 0 Å². The maximum absolute atomic E-state index is 12.2. The molecule has 142 valence electrons. The summed E-state index contributed by atoms with van der Waals surface area (Å²) in [5, 5.41) is 2.92. The Morgan fingerprint density at radius 3 is 2.15 bits per heavy atom. The lowest BCUT2D eigenvalue weighted by Crippen LogP contribution is -2.49. The number of hydrogen-bond acceptors (Lipinski definition) is 3. The normalized spacial score (nSPS) is 14.3. The van der Waals surface area contributed by atoms with Crippen LogP contribution in [0.2, 0.25) is 0 Å². The highest BCUT2D eigenvalue weighted by Gasteiger charge is 2.21. The molecule has 1 heterocycles. The Balaban J connectivity index is 1.54. The van der Waals surface area contributed by atoms with Gasteiger partial charge in [0.1, 0.15) is 0 Å². The van der Waals surface area contributed by atoms with E-state index in [-0.39, 0.29) is 11.8 Å². The summed E-state index contributed by atoms with van der Waals surface area (Å²) in [6, 6.07) is 17.1. The number of hydrogen-bond donors (Lipinski definition) is 1. The van der Waals surface area contributed by atoms with Crippen LogP contribution >= 0.6 is 0 Å². The Morgan fingerprint density at radius 2 is 1.56 bits per heavy atom.